The van der Waals surface area contributed by atoms with Crippen LogP contribution in [0.4, 0.5) is 0 Å². The highest BCUT2D eigenvalue weighted by Crippen LogP contribution is 2.36. The number of phenolic OH excluding ortho intramolecular Hbond substituents is 1. The molecule has 2 heterocycles. The van der Waals surface area contributed by atoms with Crippen LogP contribution in [-0.2, 0) is 9.53 Å². The Balaban J connectivity index is 2.25. The molecule has 0 amide bonds. The van der Waals surface area contributed by atoms with Gasteiger partial charge in [-0.15, -0.1) is 0 Å². The second kappa shape index (κ2) is 7.59. The number of phenols is 1. The maximum absolute atomic E-state index is 13.1. The number of hydrogen-bond acceptors (Lipinski definition) is 7. The highest BCUT2D eigenvalue weighted by atomic mass is 16.5. The van der Waals surface area contributed by atoms with Gasteiger partial charge < -0.3 is 19.7 Å². The quantitative estimate of drug-likeness (QED) is 0.648. The van der Waals surface area contributed by atoms with Crippen LogP contribution in [0.2, 0.25) is 0 Å². The van der Waals surface area contributed by atoms with Crippen molar-refractivity contribution in [3.8, 4) is 17.4 Å². The third kappa shape index (κ3) is 3.48. The van der Waals surface area contributed by atoms with E-state index < -0.39 is 23.3 Å². The molecule has 3 aromatic rings. The topological polar surface area (TPSA) is 110 Å². The summed E-state index contributed by atoms with van der Waals surface area (Å²) in [5.74, 6) is -1.83. The number of benzene rings is 1. The Labute approximate surface area is 160 Å². The first-order valence-corrected chi connectivity index (χ1v) is 8.51. The molecule has 8 nitrogen and oxygen atoms in total. The van der Waals surface area contributed by atoms with Crippen molar-refractivity contribution in [2.75, 3.05) is 14.2 Å². The second-order valence-corrected chi connectivity index (χ2v) is 6.35. The molecule has 0 aliphatic rings. The van der Waals surface area contributed by atoms with Gasteiger partial charge in [0.1, 0.15) is 5.65 Å². The standard InChI is InChI=1S/C20H20N2O6/c1-11-4-7-16-21-19(25)18(20(26)22(16)10-11)13(9-17(24)28-3)12-5-6-15(27-2)14(23)8-12/h4-8,10,13,23,25H,9H2,1-3H3/t13-/m0/s1. The van der Waals surface area contributed by atoms with Gasteiger partial charge in [0.05, 0.1) is 26.2 Å². The van der Waals surface area contributed by atoms with Crippen molar-refractivity contribution in [3.05, 3.63) is 63.6 Å². The Kier molecular flexibility index (Phi) is 5.21. The summed E-state index contributed by atoms with van der Waals surface area (Å²) in [6.45, 7) is 1.83. The monoisotopic (exact) mass is 384 g/mol. The van der Waals surface area contributed by atoms with E-state index in [9.17, 15) is 19.8 Å². The van der Waals surface area contributed by atoms with Gasteiger partial charge in [-0.05, 0) is 36.2 Å². The average molecular weight is 384 g/mol. The predicted molar refractivity (Wildman–Crippen MR) is 101 cm³/mol. The van der Waals surface area contributed by atoms with Gasteiger partial charge in [0.15, 0.2) is 11.5 Å². The lowest BCUT2D eigenvalue weighted by molar-refractivity contribution is -0.140. The van der Waals surface area contributed by atoms with Crippen molar-refractivity contribution in [1.82, 2.24) is 9.38 Å². The lowest BCUT2D eigenvalue weighted by Gasteiger charge is -2.18. The largest absolute Gasteiger partial charge is 0.504 e. The third-order valence-corrected chi connectivity index (χ3v) is 4.54. The number of carbonyl (C=O) groups is 1. The molecule has 0 aliphatic heterocycles. The van der Waals surface area contributed by atoms with Gasteiger partial charge in [-0.1, -0.05) is 12.1 Å². The summed E-state index contributed by atoms with van der Waals surface area (Å²) >= 11 is 0. The summed E-state index contributed by atoms with van der Waals surface area (Å²) in [6.07, 6.45) is 1.39. The Morgan fingerprint density at radius 3 is 2.61 bits per heavy atom. The summed E-state index contributed by atoms with van der Waals surface area (Å²) in [7, 11) is 2.65. The fourth-order valence-corrected chi connectivity index (χ4v) is 3.11. The summed E-state index contributed by atoms with van der Waals surface area (Å²) in [5.41, 5.74) is 0.991. The number of ether oxygens (including phenoxy) is 2. The zero-order valence-corrected chi connectivity index (χ0v) is 15.7. The maximum atomic E-state index is 13.1. The molecule has 0 bridgehead atoms. The van der Waals surface area contributed by atoms with Gasteiger partial charge in [-0.3, -0.25) is 14.0 Å². The van der Waals surface area contributed by atoms with Crippen LogP contribution in [0.25, 0.3) is 5.65 Å². The summed E-state index contributed by atoms with van der Waals surface area (Å²) in [4.78, 5) is 29.2. The molecular weight excluding hydrogens is 364 g/mol. The zero-order valence-electron chi connectivity index (χ0n) is 15.7. The van der Waals surface area contributed by atoms with Crippen molar-refractivity contribution in [1.29, 1.82) is 0 Å². The lowest BCUT2D eigenvalue weighted by Crippen LogP contribution is -2.24. The van der Waals surface area contributed by atoms with Crippen LogP contribution < -0.4 is 10.3 Å². The fraction of sp³-hybridized carbons (Fsp3) is 0.250. The van der Waals surface area contributed by atoms with Crippen LogP contribution in [-0.4, -0.2) is 39.8 Å². The molecule has 28 heavy (non-hydrogen) atoms. The van der Waals surface area contributed by atoms with Gasteiger partial charge in [-0.25, -0.2) is 0 Å². The Hall–Kier alpha value is -3.55. The Bertz CT molecular complexity index is 1110. The minimum Gasteiger partial charge on any atom is -0.504 e. The van der Waals surface area contributed by atoms with E-state index in [1.807, 2.05) is 6.92 Å². The summed E-state index contributed by atoms with van der Waals surface area (Å²) < 4.78 is 11.1. The van der Waals surface area contributed by atoms with E-state index >= 15 is 0 Å². The third-order valence-electron chi connectivity index (χ3n) is 4.54. The van der Waals surface area contributed by atoms with Crippen LogP contribution in [0.3, 0.4) is 0 Å². The molecule has 1 atom stereocenters. The predicted octanol–water partition coefficient (Wildman–Crippen LogP) is 2.12. The van der Waals surface area contributed by atoms with Crippen LogP contribution >= 0.6 is 0 Å². The van der Waals surface area contributed by atoms with Gasteiger partial charge in [0.25, 0.3) is 5.56 Å². The summed E-state index contributed by atoms with van der Waals surface area (Å²) in [6, 6.07) is 7.90. The summed E-state index contributed by atoms with van der Waals surface area (Å²) in [5, 5.41) is 20.6. The number of pyridine rings is 1. The molecule has 2 aromatic heterocycles. The number of hydrogen-bond donors (Lipinski definition) is 2. The van der Waals surface area contributed by atoms with Crippen molar-refractivity contribution >= 4 is 11.6 Å². The van der Waals surface area contributed by atoms with Crippen molar-refractivity contribution in [2.24, 2.45) is 0 Å². The van der Waals surface area contributed by atoms with Gasteiger partial charge in [0.2, 0.25) is 5.88 Å². The molecular formula is C20H20N2O6. The number of fused-ring (bicyclic) bond motifs is 1. The molecule has 0 spiro atoms. The van der Waals surface area contributed by atoms with Crippen LogP contribution in [0.1, 0.15) is 29.0 Å². The molecule has 0 fully saturated rings. The van der Waals surface area contributed by atoms with E-state index in [4.69, 9.17) is 9.47 Å². The Morgan fingerprint density at radius 1 is 1.21 bits per heavy atom. The van der Waals surface area contributed by atoms with Crippen molar-refractivity contribution < 1.29 is 24.5 Å². The minimum absolute atomic E-state index is 0.0573. The van der Waals surface area contributed by atoms with E-state index in [0.717, 1.165) is 5.56 Å². The van der Waals surface area contributed by atoms with E-state index in [1.165, 1.54) is 30.8 Å². The molecule has 0 radical (unpaired) electrons. The normalized spacial score (nSPS) is 12.0. The zero-order chi connectivity index (χ0) is 20.4. The second-order valence-electron chi connectivity index (χ2n) is 6.35. The molecule has 146 valence electrons. The first-order chi connectivity index (χ1) is 13.3. The van der Waals surface area contributed by atoms with Crippen molar-refractivity contribution in [2.45, 2.75) is 19.3 Å². The number of rotatable bonds is 5. The number of nitrogens with zero attached hydrogens (tertiary/aromatic N) is 2. The molecule has 2 N–H and O–H groups in total. The molecule has 0 unspecified atom stereocenters. The van der Waals surface area contributed by atoms with Crippen LogP contribution in [0, 0.1) is 6.92 Å². The number of carbonyl (C=O) groups excluding carboxylic acids is 1. The van der Waals surface area contributed by atoms with Crippen molar-refractivity contribution in [3.63, 3.8) is 0 Å². The number of esters is 1. The van der Waals surface area contributed by atoms with Crippen LogP contribution in [0.5, 0.6) is 17.4 Å². The van der Waals surface area contributed by atoms with Gasteiger partial charge in [-0.2, -0.15) is 4.98 Å². The van der Waals surface area contributed by atoms with E-state index in [0.29, 0.717) is 5.56 Å². The van der Waals surface area contributed by atoms with Gasteiger partial charge >= 0.3 is 5.97 Å². The first-order valence-electron chi connectivity index (χ1n) is 8.51. The van der Waals surface area contributed by atoms with E-state index in [2.05, 4.69) is 4.98 Å². The minimum atomic E-state index is -0.873. The first kappa shape index (κ1) is 19.2. The van der Waals surface area contributed by atoms with E-state index in [-0.39, 0.29) is 29.1 Å². The average Bonchev–Trinajstić information content (AvgIpc) is 2.67. The lowest BCUT2D eigenvalue weighted by atomic mass is 9.89. The van der Waals surface area contributed by atoms with Crippen LogP contribution in [0.15, 0.2) is 41.3 Å². The number of aromatic hydroxyl groups is 2. The molecule has 3 rings (SSSR count). The fourth-order valence-electron chi connectivity index (χ4n) is 3.11. The molecule has 0 saturated carbocycles. The highest BCUT2D eigenvalue weighted by Gasteiger charge is 2.27. The molecule has 0 aliphatic carbocycles. The van der Waals surface area contributed by atoms with Gasteiger partial charge in [0, 0.05) is 12.1 Å². The molecule has 0 saturated heterocycles. The highest BCUT2D eigenvalue weighted by molar-refractivity contribution is 5.71. The number of methoxy groups -OCH3 is 2. The molecule has 1 aromatic carbocycles. The Morgan fingerprint density at radius 2 is 1.96 bits per heavy atom. The van der Waals surface area contributed by atoms with E-state index in [1.54, 1.807) is 24.4 Å². The number of aromatic nitrogens is 2. The smallest absolute Gasteiger partial charge is 0.306 e. The number of aryl methyl sites for hydroxylation is 1. The maximum Gasteiger partial charge on any atom is 0.306 e. The molecule has 8 heteroatoms. The SMILES string of the molecule is COC(=O)C[C@@H](c1ccc(OC)c(O)c1)c1c(O)nc2ccc(C)cn2c1=O.